The number of thiophene rings is 1. The van der Waals surface area contributed by atoms with Crippen LogP contribution in [0.4, 0.5) is 0 Å². The molecule has 1 fully saturated rings. The fourth-order valence-electron chi connectivity index (χ4n) is 3.33. The first-order valence-corrected chi connectivity index (χ1v) is 11.2. The quantitative estimate of drug-likeness (QED) is 0.595. The van der Waals surface area contributed by atoms with Gasteiger partial charge in [-0.1, -0.05) is 32.0 Å². The van der Waals surface area contributed by atoms with Gasteiger partial charge in [-0.3, -0.25) is 9.59 Å². The van der Waals surface area contributed by atoms with Crippen molar-refractivity contribution >= 4 is 39.2 Å². The molecule has 1 amide bonds. The number of piperidine rings is 1. The molecule has 0 aliphatic carbocycles. The molecule has 0 bridgehead atoms. The minimum absolute atomic E-state index is 0.0782. The molecule has 0 spiro atoms. The molecule has 0 radical (unpaired) electrons. The summed E-state index contributed by atoms with van der Waals surface area (Å²) in [5, 5.41) is 1.28. The second-order valence-corrected chi connectivity index (χ2v) is 9.30. The SMILES string of the molecule is CCC(C)Cc1c(C)sc2nc(SCC(=O)N3CCCCC3)[nH]c(=O)c12. The number of aromatic amines is 1. The van der Waals surface area contributed by atoms with E-state index in [2.05, 4.69) is 30.7 Å². The van der Waals surface area contributed by atoms with Crippen LogP contribution in [0.1, 0.15) is 50.0 Å². The first kappa shape index (κ1) is 19.4. The van der Waals surface area contributed by atoms with Gasteiger partial charge < -0.3 is 9.88 Å². The summed E-state index contributed by atoms with van der Waals surface area (Å²) in [4.78, 5) is 36.4. The van der Waals surface area contributed by atoms with Crippen LogP contribution in [0.3, 0.4) is 0 Å². The van der Waals surface area contributed by atoms with E-state index in [1.54, 1.807) is 11.3 Å². The Morgan fingerprint density at radius 1 is 1.35 bits per heavy atom. The number of likely N-dealkylation sites (tertiary alicyclic amines) is 1. The Kier molecular flexibility index (Phi) is 6.40. The third kappa shape index (κ3) is 4.31. The number of carbonyl (C=O) groups excluding carboxylic acids is 1. The van der Waals surface area contributed by atoms with Gasteiger partial charge in [-0.05, 0) is 44.1 Å². The number of rotatable bonds is 6. The Balaban J connectivity index is 1.76. The predicted octanol–water partition coefficient (Wildman–Crippen LogP) is 3.99. The first-order chi connectivity index (χ1) is 12.5. The number of nitrogens with one attached hydrogen (secondary N) is 1. The minimum atomic E-state index is -0.0782. The van der Waals surface area contributed by atoms with Crippen molar-refractivity contribution in [1.29, 1.82) is 0 Å². The number of carbonyl (C=O) groups is 1. The number of hydrogen-bond acceptors (Lipinski definition) is 5. The maximum atomic E-state index is 12.7. The van der Waals surface area contributed by atoms with Gasteiger partial charge in [0.1, 0.15) is 4.83 Å². The highest BCUT2D eigenvalue weighted by Gasteiger charge is 2.19. The van der Waals surface area contributed by atoms with Gasteiger partial charge in [0.05, 0.1) is 11.1 Å². The lowest BCUT2D eigenvalue weighted by Crippen LogP contribution is -2.36. The molecule has 0 saturated carbocycles. The van der Waals surface area contributed by atoms with Crippen LogP contribution in [-0.4, -0.2) is 39.6 Å². The highest BCUT2D eigenvalue weighted by atomic mass is 32.2. The molecule has 142 valence electrons. The van der Waals surface area contributed by atoms with E-state index in [4.69, 9.17) is 0 Å². The normalized spacial score (nSPS) is 16.2. The Hall–Kier alpha value is -1.34. The van der Waals surface area contributed by atoms with Crippen LogP contribution in [0.2, 0.25) is 0 Å². The summed E-state index contributed by atoms with van der Waals surface area (Å²) in [5.74, 6) is 1.01. The molecule has 1 aliphatic heterocycles. The molecular formula is C19H27N3O2S2. The molecule has 26 heavy (non-hydrogen) atoms. The summed E-state index contributed by atoms with van der Waals surface area (Å²) in [6, 6.07) is 0. The largest absolute Gasteiger partial charge is 0.342 e. The second-order valence-electron chi connectivity index (χ2n) is 7.14. The molecule has 1 saturated heterocycles. The van der Waals surface area contributed by atoms with Crippen LogP contribution >= 0.6 is 23.1 Å². The van der Waals surface area contributed by atoms with Gasteiger partial charge in [-0.2, -0.15) is 0 Å². The van der Waals surface area contributed by atoms with Gasteiger partial charge in [-0.25, -0.2) is 4.98 Å². The van der Waals surface area contributed by atoms with Gasteiger partial charge >= 0.3 is 0 Å². The molecule has 3 rings (SSSR count). The zero-order chi connectivity index (χ0) is 18.7. The first-order valence-electron chi connectivity index (χ1n) is 9.42. The van der Waals surface area contributed by atoms with E-state index in [-0.39, 0.29) is 11.5 Å². The molecule has 3 heterocycles. The third-order valence-corrected chi connectivity index (χ3v) is 7.03. The molecule has 2 aromatic rings. The number of nitrogens with zero attached hydrogens (tertiary/aromatic N) is 2. The highest BCUT2D eigenvalue weighted by Crippen LogP contribution is 2.30. The van der Waals surface area contributed by atoms with Crippen molar-refractivity contribution in [3.63, 3.8) is 0 Å². The number of aryl methyl sites for hydroxylation is 1. The van der Waals surface area contributed by atoms with Gasteiger partial charge in [0.15, 0.2) is 5.16 Å². The Morgan fingerprint density at radius 3 is 2.77 bits per heavy atom. The smallest absolute Gasteiger partial charge is 0.260 e. The van der Waals surface area contributed by atoms with Gasteiger partial charge in [0.25, 0.3) is 5.56 Å². The maximum Gasteiger partial charge on any atom is 0.260 e. The van der Waals surface area contributed by atoms with Crippen molar-refractivity contribution in [3.05, 3.63) is 20.8 Å². The molecular weight excluding hydrogens is 366 g/mol. The van der Waals surface area contributed by atoms with Crippen LogP contribution in [0.25, 0.3) is 10.2 Å². The van der Waals surface area contributed by atoms with Crippen LogP contribution in [0, 0.1) is 12.8 Å². The molecule has 7 heteroatoms. The Morgan fingerprint density at radius 2 is 2.08 bits per heavy atom. The Labute approximate surface area is 162 Å². The van der Waals surface area contributed by atoms with Crippen molar-refractivity contribution in [1.82, 2.24) is 14.9 Å². The molecule has 1 N–H and O–H groups in total. The van der Waals surface area contributed by atoms with Crippen molar-refractivity contribution in [2.45, 2.75) is 58.0 Å². The fraction of sp³-hybridized carbons (Fsp3) is 0.632. The average Bonchev–Trinajstić information content (AvgIpc) is 2.96. The van der Waals surface area contributed by atoms with E-state index in [0.717, 1.165) is 54.6 Å². The summed E-state index contributed by atoms with van der Waals surface area (Å²) >= 11 is 2.92. The Bertz CT molecular complexity index is 837. The van der Waals surface area contributed by atoms with Gasteiger partial charge in [0.2, 0.25) is 5.91 Å². The minimum Gasteiger partial charge on any atom is -0.342 e. The van der Waals surface area contributed by atoms with Crippen LogP contribution in [-0.2, 0) is 11.2 Å². The summed E-state index contributed by atoms with van der Waals surface area (Å²) in [6.07, 6.45) is 5.39. The summed E-state index contributed by atoms with van der Waals surface area (Å²) in [6.45, 7) is 8.15. The summed E-state index contributed by atoms with van der Waals surface area (Å²) in [7, 11) is 0. The monoisotopic (exact) mass is 393 g/mol. The number of thioether (sulfide) groups is 1. The van der Waals surface area contributed by atoms with Crippen molar-refractivity contribution in [2.24, 2.45) is 5.92 Å². The number of aromatic nitrogens is 2. The zero-order valence-electron chi connectivity index (χ0n) is 15.8. The van der Waals surface area contributed by atoms with Crippen molar-refractivity contribution in [2.75, 3.05) is 18.8 Å². The topological polar surface area (TPSA) is 66.1 Å². The molecule has 2 aromatic heterocycles. The fourth-order valence-corrected chi connectivity index (χ4v) is 5.20. The lowest BCUT2D eigenvalue weighted by Gasteiger charge is -2.26. The van der Waals surface area contributed by atoms with Gasteiger partial charge in [0, 0.05) is 18.0 Å². The van der Waals surface area contributed by atoms with E-state index in [1.165, 1.54) is 23.1 Å². The predicted molar refractivity (Wildman–Crippen MR) is 109 cm³/mol. The van der Waals surface area contributed by atoms with E-state index >= 15 is 0 Å². The van der Waals surface area contributed by atoms with E-state index in [0.29, 0.717) is 16.8 Å². The lowest BCUT2D eigenvalue weighted by atomic mass is 9.98. The second kappa shape index (κ2) is 8.57. The molecule has 1 atom stereocenters. The van der Waals surface area contributed by atoms with E-state index < -0.39 is 0 Å². The molecule has 1 aliphatic rings. The standard InChI is InChI=1S/C19H27N3O2S2/c1-4-12(2)10-14-13(3)26-18-16(14)17(24)20-19(21-18)25-11-15(23)22-8-6-5-7-9-22/h12H,4-11H2,1-3H3,(H,20,21,24). The van der Waals surface area contributed by atoms with Crippen LogP contribution in [0.5, 0.6) is 0 Å². The highest BCUT2D eigenvalue weighted by molar-refractivity contribution is 7.99. The summed E-state index contributed by atoms with van der Waals surface area (Å²) < 4.78 is 0. The van der Waals surface area contributed by atoms with Crippen LogP contribution in [0.15, 0.2) is 9.95 Å². The molecule has 1 unspecified atom stereocenters. The number of fused-ring (bicyclic) bond motifs is 1. The molecule has 5 nitrogen and oxygen atoms in total. The number of amides is 1. The van der Waals surface area contributed by atoms with Gasteiger partial charge in [-0.15, -0.1) is 11.3 Å². The van der Waals surface area contributed by atoms with Crippen molar-refractivity contribution in [3.8, 4) is 0 Å². The van der Waals surface area contributed by atoms with Crippen molar-refractivity contribution < 1.29 is 4.79 Å². The zero-order valence-corrected chi connectivity index (χ0v) is 17.4. The van der Waals surface area contributed by atoms with Crippen LogP contribution < -0.4 is 5.56 Å². The maximum absolute atomic E-state index is 12.7. The summed E-state index contributed by atoms with van der Waals surface area (Å²) in [5.41, 5.74) is 1.06. The average molecular weight is 394 g/mol. The van der Waals surface area contributed by atoms with E-state index in [1.807, 2.05) is 4.90 Å². The molecule has 0 aromatic carbocycles. The van der Waals surface area contributed by atoms with E-state index in [9.17, 15) is 9.59 Å². The lowest BCUT2D eigenvalue weighted by molar-refractivity contribution is -0.129. The number of H-pyrrole nitrogens is 1. The number of hydrogen-bond donors (Lipinski definition) is 1. The third-order valence-electron chi connectivity index (χ3n) is 5.13.